The van der Waals surface area contributed by atoms with Crippen molar-refractivity contribution in [1.82, 2.24) is 5.32 Å². The zero-order valence-electron chi connectivity index (χ0n) is 10.4. The van der Waals surface area contributed by atoms with Crippen molar-refractivity contribution in [2.24, 2.45) is 0 Å². The van der Waals surface area contributed by atoms with Gasteiger partial charge in [-0.25, -0.2) is 0 Å². The van der Waals surface area contributed by atoms with Gasteiger partial charge in [-0.3, -0.25) is 0 Å². The highest BCUT2D eigenvalue weighted by Crippen LogP contribution is 2.30. The van der Waals surface area contributed by atoms with E-state index in [0.29, 0.717) is 6.10 Å². The van der Waals surface area contributed by atoms with E-state index in [2.05, 4.69) is 23.5 Å². The van der Waals surface area contributed by atoms with Gasteiger partial charge >= 0.3 is 0 Å². The molecule has 1 aliphatic carbocycles. The van der Waals surface area contributed by atoms with Gasteiger partial charge in [-0.2, -0.15) is 0 Å². The van der Waals surface area contributed by atoms with Gasteiger partial charge in [0.1, 0.15) is 11.9 Å². The smallest absolute Gasteiger partial charge is 0.123 e. The van der Waals surface area contributed by atoms with Gasteiger partial charge in [-0.05, 0) is 62.3 Å². The zero-order chi connectivity index (χ0) is 11.5. The molecule has 92 valence electrons. The number of nitrogens with one attached hydrogen (secondary N) is 1. The van der Waals surface area contributed by atoms with E-state index in [-0.39, 0.29) is 0 Å². The van der Waals surface area contributed by atoms with Crippen LogP contribution >= 0.6 is 0 Å². The Balaban J connectivity index is 1.77. The van der Waals surface area contributed by atoms with E-state index in [1.165, 1.54) is 49.7 Å². The summed E-state index contributed by atoms with van der Waals surface area (Å²) in [5, 5.41) is 3.41. The number of aryl methyl sites for hydroxylation is 1. The monoisotopic (exact) mass is 231 g/mol. The van der Waals surface area contributed by atoms with Gasteiger partial charge < -0.3 is 10.1 Å². The lowest BCUT2D eigenvalue weighted by atomic mass is 9.91. The maximum absolute atomic E-state index is 6.19. The number of hydrogen-bond acceptors (Lipinski definition) is 2. The molecule has 0 bridgehead atoms. The van der Waals surface area contributed by atoms with Crippen LogP contribution in [-0.2, 0) is 12.8 Å². The summed E-state index contributed by atoms with van der Waals surface area (Å²) in [7, 11) is 0. The number of hydrogen-bond donors (Lipinski definition) is 1. The highest BCUT2D eigenvalue weighted by molar-refractivity contribution is 5.41. The average Bonchev–Trinajstić information content (AvgIpc) is 2.40. The van der Waals surface area contributed by atoms with Gasteiger partial charge in [-0.15, -0.1) is 0 Å². The topological polar surface area (TPSA) is 21.3 Å². The SMILES string of the molecule is c1cc2c(c(O[C@H]3CCCNC3)c1)CCCC2. The van der Waals surface area contributed by atoms with E-state index in [9.17, 15) is 0 Å². The molecule has 1 aromatic rings. The molecule has 0 radical (unpaired) electrons. The fourth-order valence-corrected chi connectivity index (χ4v) is 2.96. The molecule has 0 aromatic heterocycles. The molecule has 0 spiro atoms. The van der Waals surface area contributed by atoms with Crippen LogP contribution in [0.15, 0.2) is 18.2 Å². The molecule has 1 saturated heterocycles. The molecule has 1 heterocycles. The minimum Gasteiger partial charge on any atom is -0.489 e. The molecular weight excluding hydrogens is 210 g/mol. The molecule has 0 unspecified atom stereocenters. The molecule has 2 heteroatoms. The molecule has 0 saturated carbocycles. The summed E-state index contributed by atoms with van der Waals surface area (Å²) in [6.07, 6.45) is 7.88. The van der Waals surface area contributed by atoms with Crippen LogP contribution in [0.25, 0.3) is 0 Å². The Morgan fingerprint density at radius 3 is 2.94 bits per heavy atom. The van der Waals surface area contributed by atoms with E-state index >= 15 is 0 Å². The Bertz CT molecular complexity index is 383. The first kappa shape index (κ1) is 11.1. The summed E-state index contributed by atoms with van der Waals surface area (Å²) < 4.78 is 6.19. The molecule has 1 fully saturated rings. The molecule has 0 amide bonds. The van der Waals surface area contributed by atoms with Gasteiger partial charge in [0.2, 0.25) is 0 Å². The van der Waals surface area contributed by atoms with Gasteiger partial charge in [0.15, 0.2) is 0 Å². The normalized spacial score (nSPS) is 24.1. The van der Waals surface area contributed by atoms with Crippen molar-refractivity contribution in [3.05, 3.63) is 29.3 Å². The second kappa shape index (κ2) is 5.09. The van der Waals surface area contributed by atoms with Crippen LogP contribution < -0.4 is 10.1 Å². The minimum atomic E-state index is 0.372. The van der Waals surface area contributed by atoms with Crippen molar-refractivity contribution in [3.63, 3.8) is 0 Å². The summed E-state index contributed by atoms with van der Waals surface area (Å²) in [6, 6.07) is 6.56. The number of ether oxygens (including phenoxy) is 1. The van der Waals surface area contributed by atoms with Gasteiger partial charge in [-0.1, -0.05) is 12.1 Å². The number of piperidine rings is 1. The lowest BCUT2D eigenvalue weighted by molar-refractivity contribution is 0.165. The van der Waals surface area contributed by atoms with Gasteiger partial charge in [0.05, 0.1) is 0 Å². The second-order valence-corrected chi connectivity index (χ2v) is 5.19. The van der Waals surface area contributed by atoms with Crippen LogP contribution in [-0.4, -0.2) is 19.2 Å². The molecule has 2 aliphatic rings. The maximum Gasteiger partial charge on any atom is 0.123 e. The molecule has 2 nitrogen and oxygen atoms in total. The molecule has 1 atom stereocenters. The van der Waals surface area contributed by atoms with Gasteiger partial charge in [0, 0.05) is 6.54 Å². The summed E-state index contributed by atoms with van der Waals surface area (Å²) in [5.41, 5.74) is 2.99. The van der Waals surface area contributed by atoms with E-state index in [1.54, 1.807) is 0 Å². The Hall–Kier alpha value is -1.02. The molecule has 17 heavy (non-hydrogen) atoms. The van der Waals surface area contributed by atoms with Crippen LogP contribution in [0.3, 0.4) is 0 Å². The minimum absolute atomic E-state index is 0.372. The highest BCUT2D eigenvalue weighted by Gasteiger charge is 2.18. The lowest BCUT2D eigenvalue weighted by Crippen LogP contribution is -2.37. The fraction of sp³-hybridized carbons (Fsp3) is 0.600. The number of benzene rings is 1. The first-order valence-electron chi connectivity index (χ1n) is 6.91. The van der Waals surface area contributed by atoms with Crippen molar-refractivity contribution < 1.29 is 4.74 Å². The third kappa shape index (κ3) is 2.47. The molecular formula is C15H21NO. The third-order valence-corrected chi connectivity index (χ3v) is 3.90. The quantitative estimate of drug-likeness (QED) is 0.845. The van der Waals surface area contributed by atoms with E-state index in [0.717, 1.165) is 18.8 Å². The van der Waals surface area contributed by atoms with E-state index in [4.69, 9.17) is 4.74 Å². The average molecular weight is 231 g/mol. The lowest BCUT2D eigenvalue weighted by Gasteiger charge is -2.27. The Labute approximate surface area is 103 Å². The van der Waals surface area contributed by atoms with Crippen molar-refractivity contribution in [2.45, 2.75) is 44.6 Å². The second-order valence-electron chi connectivity index (χ2n) is 5.19. The van der Waals surface area contributed by atoms with Crippen LogP contribution in [0, 0.1) is 0 Å². The third-order valence-electron chi connectivity index (χ3n) is 3.90. The molecule has 1 aliphatic heterocycles. The summed E-state index contributed by atoms with van der Waals surface area (Å²) in [6.45, 7) is 2.15. The predicted octanol–water partition coefficient (Wildman–Crippen LogP) is 2.70. The maximum atomic E-state index is 6.19. The van der Waals surface area contributed by atoms with Crippen LogP contribution in [0.2, 0.25) is 0 Å². The van der Waals surface area contributed by atoms with Crippen LogP contribution in [0.1, 0.15) is 36.8 Å². The first-order chi connectivity index (χ1) is 8.43. The highest BCUT2D eigenvalue weighted by atomic mass is 16.5. The zero-order valence-corrected chi connectivity index (χ0v) is 10.4. The predicted molar refractivity (Wildman–Crippen MR) is 69.6 cm³/mol. The Morgan fingerprint density at radius 1 is 1.12 bits per heavy atom. The molecule has 1 N–H and O–H groups in total. The van der Waals surface area contributed by atoms with Crippen molar-refractivity contribution in [1.29, 1.82) is 0 Å². The standard InChI is InChI=1S/C15H21NO/c1-2-8-14-12(5-1)6-3-9-15(14)17-13-7-4-10-16-11-13/h3,6,9,13,16H,1-2,4-5,7-8,10-11H2/t13-/m0/s1. The Morgan fingerprint density at radius 2 is 2.06 bits per heavy atom. The van der Waals surface area contributed by atoms with E-state index in [1.807, 2.05) is 0 Å². The largest absolute Gasteiger partial charge is 0.489 e. The summed E-state index contributed by atoms with van der Waals surface area (Å²) in [4.78, 5) is 0. The van der Waals surface area contributed by atoms with Crippen molar-refractivity contribution in [2.75, 3.05) is 13.1 Å². The van der Waals surface area contributed by atoms with Crippen molar-refractivity contribution in [3.8, 4) is 5.75 Å². The summed E-state index contributed by atoms with van der Waals surface area (Å²) >= 11 is 0. The van der Waals surface area contributed by atoms with Crippen LogP contribution in [0.5, 0.6) is 5.75 Å². The summed E-state index contributed by atoms with van der Waals surface area (Å²) in [5.74, 6) is 1.15. The molecule has 3 rings (SSSR count). The number of rotatable bonds is 2. The van der Waals surface area contributed by atoms with E-state index < -0.39 is 0 Å². The fourth-order valence-electron chi connectivity index (χ4n) is 2.96. The molecule has 1 aromatic carbocycles. The van der Waals surface area contributed by atoms with Gasteiger partial charge in [0.25, 0.3) is 0 Å². The Kier molecular flexibility index (Phi) is 3.32. The first-order valence-corrected chi connectivity index (χ1v) is 6.91. The van der Waals surface area contributed by atoms with Crippen LogP contribution in [0.4, 0.5) is 0 Å². The number of fused-ring (bicyclic) bond motifs is 1. The van der Waals surface area contributed by atoms with Crippen molar-refractivity contribution >= 4 is 0 Å².